The van der Waals surface area contributed by atoms with E-state index in [0.717, 1.165) is 0 Å². The van der Waals surface area contributed by atoms with Gasteiger partial charge in [0.1, 0.15) is 0 Å². The minimum Gasteiger partial charge on any atom is -0.543 e. The van der Waals surface area contributed by atoms with Gasteiger partial charge in [-0.25, -0.2) is 0 Å². The molecule has 0 unspecified atom stereocenters. The predicted octanol–water partition coefficient (Wildman–Crippen LogP) is -4.34. The summed E-state index contributed by atoms with van der Waals surface area (Å²) in [7, 11) is 0. The first-order valence-electron chi connectivity index (χ1n) is 1.07. The van der Waals surface area contributed by atoms with E-state index >= 15 is 0 Å². The second kappa shape index (κ2) is 6.42. The van der Waals surface area contributed by atoms with Gasteiger partial charge in [0.05, 0.1) is 11.9 Å². The number of hydrogen-bond acceptors (Lipinski definition) is 4. The van der Waals surface area contributed by atoms with E-state index in [1.807, 2.05) is 0 Å². The normalized spacial score (nSPS) is 5.50. The van der Waals surface area contributed by atoms with Gasteiger partial charge in [-0.3, -0.25) is 0 Å². The second-order valence-corrected chi connectivity index (χ2v) is 0.575. The van der Waals surface area contributed by atoms with E-state index in [0.29, 0.717) is 0 Å². The zero-order chi connectivity index (χ0) is 5.15. The van der Waals surface area contributed by atoms with Crippen LogP contribution in [0.3, 0.4) is 0 Å². The Morgan fingerprint density at radius 1 is 1.00 bits per heavy atom. The summed E-state index contributed by atoms with van der Waals surface area (Å²) in [6.45, 7) is 0. The summed E-state index contributed by atoms with van der Waals surface area (Å²) in [6.07, 6.45) is 0. The Balaban J connectivity index is -0.000000125. The molecular formula is C2H2FeO5. The van der Waals surface area contributed by atoms with Crippen molar-refractivity contribution in [1.29, 1.82) is 0 Å². The fraction of sp³-hybridized carbons (Fsp3) is 0. The molecule has 0 fully saturated rings. The Bertz CT molecular complexity index is 76.4. The zero-order valence-electron chi connectivity index (χ0n) is 3.49. The Labute approximate surface area is 55.1 Å². The van der Waals surface area contributed by atoms with Crippen molar-refractivity contribution in [3.8, 4) is 0 Å². The summed E-state index contributed by atoms with van der Waals surface area (Å²) in [5.41, 5.74) is 0. The van der Waals surface area contributed by atoms with Gasteiger partial charge in [0.2, 0.25) is 0 Å². The van der Waals surface area contributed by atoms with Crippen LogP contribution < -0.4 is 10.2 Å². The molecule has 0 bridgehead atoms. The third-order valence-corrected chi connectivity index (χ3v) is 0.167. The van der Waals surface area contributed by atoms with Gasteiger partial charge >= 0.3 is 17.1 Å². The minimum atomic E-state index is -2.19. The van der Waals surface area contributed by atoms with Crippen LogP contribution >= 0.6 is 0 Å². The van der Waals surface area contributed by atoms with E-state index in [1.54, 1.807) is 0 Å². The third-order valence-electron chi connectivity index (χ3n) is 0.167. The first-order valence-corrected chi connectivity index (χ1v) is 1.07. The molecule has 0 rings (SSSR count). The van der Waals surface area contributed by atoms with Crippen LogP contribution in [0, 0.1) is 0 Å². The van der Waals surface area contributed by atoms with Crippen LogP contribution in [0.25, 0.3) is 0 Å². The topological polar surface area (TPSA) is 112 Å². The van der Waals surface area contributed by atoms with Gasteiger partial charge in [-0.15, -0.1) is 0 Å². The van der Waals surface area contributed by atoms with Crippen LogP contribution in [0.15, 0.2) is 0 Å². The fourth-order valence-corrected chi connectivity index (χ4v) is 0. The van der Waals surface area contributed by atoms with Crippen molar-refractivity contribution in [2.24, 2.45) is 0 Å². The molecule has 0 radical (unpaired) electrons. The van der Waals surface area contributed by atoms with Crippen LogP contribution in [-0.4, -0.2) is 17.4 Å². The molecular weight excluding hydrogens is 160 g/mol. The quantitative estimate of drug-likeness (QED) is 0.264. The predicted molar refractivity (Wildman–Crippen MR) is 13.6 cm³/mol. The molecule has 2 N–H and O–H groups in total. The number of hydrogen-bond donors (Lipinski definition) is 0. The van der Waals surface area contributed by atoms with Crippen LogP contribution in [0.1, 0.15) is 0 Å². The summed E-state index contributed by atoms with van der Waals surface area (Å²) in [6, 6.07) is 0. The molecule has 0 atom stereocenters. The molecule has 0 spiro atoms. The van der Waals surface area contributed by atoms with Gasteiger partial charge in [0.25, 0.3) is 0 Å². The number of carboxylic acids is 2. The fourth-order valence-electron chi connectivity index (χ4n) is 0. The largest absolute Gasteiger partial charge is 2.00 e. The van der Waals surface area contributed by atoms with E-state index in [-0.39, 0.29) is 22.5 Å². The van der Waals surface area contributed by atoms with E-state index in [2.05, 4.69) is 0 Å². The van der Waals surface area contributed by atoms with Crippen molar-refractivity contribution in [2.75, 3.05) is 0 Å². The molecule has 0 amide bonds. The maximum Gasteiger partial charge on any atom is 2.00 e. The van der Waals surface area contributed by atoms with Crippen LogP contribution in [-0.2, 0) is 26.7 Å². The first-order chi connectivity index (χ1) is 2.64. The maximum absolute atomic E-state index is 8.93. The summed E-state index contributed by atoms with van der Waals surface area (Å²) < 4.78 is 0. The molecule has 0 aliphatic carbocycles. The van der Waals surface area contributed by atoms with Crippen molar-refractivity contribution < 1.29 is 42.3 Å². The van der Waals surface area contributed by atoms with Gasteiger partial charge in [0, 0.05) is 0 Å². The number of carbonyl (C=O) groups is 2. The second-order valence-electron chi connectivity index (χ2n) is 0.575. The van der Waals surface area contributed by atoms with E-state index < -0.39 is 11.9 Å². The number of carboxylic acid groups (broad SMARTS) is 2. The van der Waals surface area contributed by atoms with Crippen LogP contribution in [0.2, 0.25) is 0 Å². The SMILES string of the molecule is O.O=C([O-])C(=O)[O-].[Fe+2]. The summed E-state index contributed by atoms with van der Waals surface area (Å²) in [5.74, 6) is -4.37. The van der Waals surface area contributed by atoms with Gasteiger partial charge in [-0.2, -0.15) is 0 Å². The standard InChI is InChI=1S/C2H2O4.Fe.H2O/c3-1(4)2(5)6;;/h(H,3,4)(H,5,6);;1H2/q;+2;/p-2. The van der Waals surface area contributed by atoms with Crippen LogP contribution in [0.4, 0.5) is 0 Å². The van der Waals surface area contributed by atoms with E-state index in [4.69, 9.17) is 19.8 Å². The van der Waals surface area contributed by atoms with Crippen molar-refractivity contribution >= 4 is 11.9 Å². The molecule has 0 saturated carbocycles. The third kappa shape index (κ3) is 9.05. The average Bonchev–Trinajstić information content (AvgIpc) is 1.36. The monoisotopic (exact) mass is 162 g/mol. The molecule has 48 valence electrons. The number of rotatable bonds is 0. The molecule has 0 aromatic carbocycles. The zero-order valence-corrected chi connectivity index (χ0v) is 4.59. The van der Waals surface area contributed by atoms with Gasteiger partial charge in [-0.1, -0.05) is 0 Å². The first kappa shape index (κ1) is 15.7. The molecule has 0 heterocycles. The van der Waals surface area contributed by atoms with Gasteiger partial charge in [-0.05, 0) is 0 Å². The molecule has 8 heavy (non-hydrogen) atoms. The molecule has 5 nitrogen and oxygen atoms in total. The Morgan fingerprint density at radius 3 is 1.12 bits per heavy atom. The Kier molecular flexibility index (Phi) is 12.6. The number of carbonyl (C=O) groups excluding carboxylic acids is 2. The maximum atomic E-state index is 8.93. The van der Waals surface area contributed by atoms with Gasteiger partial charge in [0.15, 0.2) is 0 Å². The Hall–Kier alpha value is -0.581. The Morgan fingerprint density at radius 2 is 1.12 bits per heavy atom. The summed E-state index contributed by atoms with van der Waals surface area (Å²) in [4.78, 5) is 17.9. The summed E-state index contributed by atoms with van der Waals surface area (Å²) >= 11 is 0. The van der Waals surface area contributed by atoms with Crippen molar-refractivity contribution in [2.45, 2.75) is 0 Å². The average molecular weight is 162 g/mol. The van der Waals surface area contributed by atoms with Crippen LogP contribution in [0.5, 0.6) is 0 Å². The molecule has 0 saturated heterocycles. The van der Waals surface area contributed by atoms with E-state index in [1.165, 1.54) is 0 Å². The molecule has 0 aromatic heterocycles. The van der Waals surface area contributed by atoms with Crippen molar-refractivity contribution in [1.82, 2.24) is 0 Å². The van der Waals surface area contributed by atoms with Crippen molar-refractivity contribution in [3.05, 3.63) is 0 Å². The minimum absolute atomic E-state index is 0. The van der Waals surface area contributed by atoms with Gasteiger partial charge < -0.3 is 25.3 Å². The molecule has 0 aliphatic rings. The number of aliphatic carboxylic acids is 2. The summed E-state index contributed by atoms with van der Waals surface area (Å²) in [5, 5.41) is 17.9. The van der Waals surface area contributed by atoms with Crippen molar-refractivity contribution in [3.63, 3.8) is 0 Å². The molecule has 0 aromatic rings. The molecule has 6 heteroatoms. The molecule has 0 aliphatic heterocycles. The van der Waals surface area contributed by atoms with E-state index in [9.17, 15) is 0 Å². The smallest absolute Gasteiger partial charge is 0.543 e.